The molecule has 0 bridgehead atoms. The van der Waals surface area contributed by atoms with E-state index in [0.29, 0.717) is 47.9 Å². The third-order valence-corrected chi connectivity index (χ3v) is 6.52. The summed E-state index contributed by atoms with van der Waals surface area (Å²) >= 11 is 0. The van der Waals surface area contributed by atoms with Crippen LogP contribution in [0.3, 0.4) is 0 Å². The van der Waals surface area contributed by atoms with Crippen LogP contribution in [0, 0.1) is 0 Å². The summed E-state index contributed by atoms with van der Waals surface area (Å²) in [4.78, 5) is 28.3. The van der Waals surface area contributed by atoms with E-state index in [9.17, 15) is 14.7 Å². The van der Waals surface area contributed by atoms with Gasteiger partial charge in [0.2, 0.25) is 0 Å². The van der Waals surface area contributed by atoms with Crippen LogP contribution in [0.15, 0.2) is 72.3 Å². The highest BCUT2D eigenvalue weighted by molar-refractivity contribution is 6.51. The van der Waals surface area contributed by atoms with Gasteiger partial charge < -0.3 is 19.3 Å². The summed E-state index contributed by atoms with van der Waals surface area (Å²) in [5.41, 5.74) is 2.62. The highest BCUT2D eigenvalue weighted by atomic mass is 16.5. The lowest BCUT2D eigenvalue weighted by atomic mass is 9.94. The Kier molecular flexibility index (Phi) is 6.61. The highest BCUT2D eigenvalue weighted by Gasteiger charge is 2.47. The molecule has 0 saturated carbocycles. The number of fused-ring (bicyclic) bond motifs is 1. The Hall–Kier alpha value is -4.26. The fourth-order valence-corrected chi connectivity index (χ4v) is 4.95. The van der Waals surface area contributed by atoms with E-state index in [0.717, 1.165) is 11.3 Å². The first-order valence-corrected chi connectivity index (χ1v) is 12.5. The molecule has 2 aliphatic rings. The van der Waals surface area contributed by atoms with E-state index in [1.54, 1.807) is 42.5 Å². The van der Waals surface area contributed by atoms with Crippen molar-refractivity contribution in [3.63, 3.8) is 0 Å². The Morgan fingerprint density at radius 3 is 2.43 bits per heavy atom. The molecule has 5 rings (SSSR count). The molecule has 2 unspecified atom stereocenters. The molecule has 0 aromatic heterocycles. The molecule has 0 aliphatic carbocycles. The quantitative estimate of drug-likeness (QED) is 0.265. The number of hydrogen-bond acceptors (Lipinski definition) is 6. The van der Waals surface area contributed by atoms with Gasteiger partial charge in [-0.05, 0) is 86.5 Å². The molecule has 37 heavy (non-hydrogen) atoms. The Morgan fingerprint density at radius 2 is 1.70 bits per heavy atom. The number of amides is 1. The lowest BCUT2D eigenvalue weighted by molar-refractivity contribution is -0.132. The minimum atomic E-state index is -0.846. The second kappa shape index (κ2) is 10.0. The summed E-state index contributed by atoms with van der Waals surface area (Å²) in [7, 11) is 0. The largest absolute Gasteiger partial charge is 0.507 e. The fraction of sp³-hybridized carbons (Fsp3) is 0.267. The first-order chi connectivity index (χ1) is 17.9. The minimum absolute atomic E-state index is 0.0273. The molecule has 2 aliphatic heterocycles. The second-order valence-corrected chi connectivity index (χ2v) is 9.06. The van der Waals surface area contributed by atoms with Crippen LogP contribution in [-0.2, 0) is 16.0 Å². The number of aliphatic hydroxyl groups excluding tert-OH is 1. The smallest absolute Gasteiger partial charge is 0.300 e. The monoisotopic (exact) mass is 499 g/mol. The Labute approximate surface area is 215 Å². The van der Waals surface area contributed by atoms with Crippen LogP contribution in [-0.4, -0.2) is 36.1 Å². The van der Waals surface area contributed by atoms with E-state index >= 15 is 0 Å². The SMILES string of the molecule is CCOc1ccc(N2C(=O)C(=O)/C(=C(\O)c3ccc4c(c3)CC(C)O4)C2c2cccc(OCC)c2)cc1. The van der Waals surface area contributed by atoms with Crippen molar-refractivity contribution in [2.75, 3.05) is 18.1 Å². The standard InChI is InChI=1S/C30H29NO6/c1-4-35-23-12-10-22(11-13-23)31-27(19-7-6-8-24(17-19)36-5-2)26(29(33)30(31)34)28(32)20-9-14-25-21(16-20)15-18(3)37-25/h6-14,16-18,27,32H,4-5,15H2,1-3H3/b28-26-. The van der Waals surface area contributed by atoms with E-state index in [2.05, 4.69) is 0 Å². The third kappa shape index (κ3) is 4.53. The van der Waals surface area contributed by atoms with Gasteiger partial charge in [-0.3, -0.25) is 14.5 Å². The van der Waals surface area contributed by atoms with E-state index in [4.69, 9.17) is 14.2 Å². The van der Waals surface area contributed by atoms with E-state index in [-0.39, 0.29) is 17.4 Å². The van der Waals surface area contributed by atoms with Crippen molar-refractivity contribution >= 4 is 23.1 Å². The summed E-state index contributed by atoms with van der Waals surface area (Å²) < 4.78 is 17.0. The van der Waals surface area contributed by atoms with Crippen molar-refractivity contribution in [1.82, 2.24) is 0 Å². The van der Waals surface area contributed by atoms with Crippen LogP contribution in [0.25, 0.3) is 5.76 Å². The lowest BCUT2D eigenvalue weighted by Crippen LogP contribution is -2.29. The lowest BCUT2D eigenvalue weighted by Gasteiger charge is -2.26. The van der Waals surface area contributed by atoms with E-state index in [1.165, 1.54) is 4.90 Å². The summed E-state index contributed by atoms with van der Waals surface area (Å²) in [6.45, 7) is 6.74. The van der Waals surface area contributed by atoms with Crippen molar-refractivity contribution in [2.45, 2.75) is 39.3 Å². The predicted molar refractivity (Wildman–Crippen MR) is 140 cm³/mol. The first kappa shape index (κ1) is 24.4. The van der Waals surface area contributed by atoms with Crippen LogP contribution in [0.5, 0.6) is 17.2 Å². The summed E-state index contributed by atoms with van der Waals surface area (Å²) in [5, 5.41) is 11.5. The van der Waals surface area contributed by atoms with Crippen molar-refractivity contribution in [2.24, 2.45) is 0 Å². The van der Waals surface area contributed by atoms with Gasteiger partial charge in [-0.15, -0.1) is 0 Å². The van der Waals surface area contributed by atoms with Gasteiger partial charge in [0.25, 0.3) is 11.7 Å². The molecular formula is C30H29NO6. The van der Waals surface area contributed by atoms with Crippen molar-refractivity contribution in [1.29, 1.82) is 0 Å². The molecule has 3 aromatic carbocycles. The number of hydrogen-bond donors (Lipinski definition) is 1. The van der Waals surface area contributed by atoms with Gasteiger partial charge in [0.1, 0.15) is 29.1 Å². The number of Topliss-reactive ketones (excluding diaryl/α,β-unsaturated/α-hetero) is 1. The Balaban J connectivity index is 1.65. The van der Waals surface area contributed by atoms with E-state index in [1.807, 2.05) is 45.0 Å². The van der Waals surface area contributed by atoms with Crippen LogP contribution in [0.2, 0.25) is 0 Å². The molecule has 7 heteroatoms. The zero-order valence-electron chi connectivity index (χ0n) is 21.1. The molecule has 2 heterocycles. The van der Waals surface area contributed by atoms with Crippen molar-refractivity contribution < 1.29 is 28.9 Å². The molecule has 0 radical (unpaired) electrons. The normalized spacial score (nSPS) is 20.0. The number of anilines is 1. The zero-order valence-corrected chi connectivity index (χ0v) is 21.1. The Bertz CT molecular complexity index is 1380. The maximum Gasteiger partial charge on any atom is 0.300 e. The fourth-order valence-electron chi connectivity index (χ4n) is 4.95. The number of benzene rings is 3. The molecule has 0 spiro atoms. The van der Waals surface area contributed by atoms with Crippen molar-refractivity contribution in [3.05, 3.63) is 89.0 Å². The van der Waals surface area contributed by atoms with Gasteiger partial charge >= 0.3 is 0 Å². The van der Waals surface area contributed by atoms with E-state index < -0.39 is 17.7 Å². The molecular weight excluding hydrogens is 470 g/mol. The molecule has 1 amide bonds. The molecule has 3 aromatic rings. The number of ether oxygens (including phenoxy) is 3. The zero-order chi connectivity index (χ0) is 26.1. The molecule has 1 saturated heterocycles. The van der Waals surface area contributed by atoms with Crippen molar-refractivity contribution in [3.8, 4) is 17.2 Å². The number of ketones is 1. The summed E-state index contributed by atoms with van der Waals surface area (Å²) in [6, 6.07) is 18.7. The van der Waals surface area contributed by atoms with Gasteiger partial charge in [0, 0.05) is 17.7 Å². The van der Waals surface area contributed by atoms with Gasteiger partial charge in [-0.25, -0.2) is 0 Å². The highest BCUT2D eigenvalue weighted by Crippen LogP contribution is 2.43. The summed E-state index contributed by atoms with van der Waals surface area (Å²) in [6.07, 6.45) is 0.746. The van der Waals surface area contributed by atoms with Gasteiger partial charge in [-0.1, -0.05) is 12.1 Å². The summed E-state index contributed by atoms with van der Waals surface area (Å²) in [5.74, 6) is 0.355. The molecule has 190 valence electrons. The second-order valence-electron chi connectivity index (χ2n) is 9.06. The predicted octanol–water partition coefficient (Wildman–Crippen LogP) is 5.43. The molecule has 7 nitrogen and oxygen atoms in total. The van der Waals surface area contributed by atoms with Gasteiger partial charge in [0.05, 0.1) is 24.8 Å². The van der Waals surface area contributed by atoms with Crippen LogP contribution in [0.1, 0.15) is 43.5 Å². The van der Waals surface area contributed by atoms with Crippen LogP contribution < -0.4 is 19.1 Å². The minimum Gasteiger partial charge on any atom is -0.507 e. The average molecular weight is 500 g/mol. The first-order valence-electron chi connectivity index (χ1n) is 12.5. The van der Waals surface area contributed by atoms with Crippen LogP contribution >= 0.6 is 0 Å². The van der Waals surface area contributed by atoms with Crippen LogP contribution in [0.4, 0.5) is 5.69 Å². The molecule has 1 fully saturated rings. The molecule has 1 N–H and O–H groups in total. The molecule has 2 atom stereocenters. The maximum atomic E-state index is 13.5. The maximum absolute atomic E-state index is 13.5. The average Bonchev–Trinajstić information content (AvgIpc) is 3.40. The number of rotatable bonds is 7. The topological polar surface area (TPSA) is 85.3 Å². The number of carbonyl (C=O) groups excluding carboxylic acids is 2. The number of aliphatic hydroxyl groups is 1. The number of nitrogens with zero attached hydrogens (tertiary/aromatic N) is 1. The third-order valence-electron chi connectivity index (χ3n) is 6.52. The van der Waals surface area contributed by atoms with Gasteiger partial charge in [0.15, 0.2) is 0 Å². The number of carbonyl (C=O) groups is 2. The Morgan fingerprint density at radius 1 is 0.973 bits per heavy atom. The van der Waals surface area contributed by atoms with Gasteiger partial charge in [-0.2, -0.15) is 0 Å².